The zero-order valence-corrected chi connectivity index (χ0v) is 12.4. The van der Waals surface area contributed by atoms with Crippen molar-refractivity contribution in [1.29, 1.82) is 0 Å². The highest BCUT2D eigenvalue weighted by molar-refractivity contribution is 14.1. The zero-order valence-electron chi connectivity index (χ0n) is 10.3. The molecule has 94 valence electrons. The SMILES string of the molecule is CC(COI)C1CCC2C(O)CCCC12C. The minimum atomic E-state index is -0.0449. The highest BCUT2D eigenvalue weighted by Gasteiger charge is 2.52. The van der Waals surface area contributed by atoms with Gasteiger partial charge in [0, 0.05) is 0 Å². The van der Waals surface area contributed by atoms with Gasteiger partial charge in [0.2, 0.25) is 0 Å². The third-order valence-electron chi connectivity index (χ3n) is 5.18. The average molecular weight is 338 g/mol. The third-order valence-corrected chi connectivity index (χ3v) is 5.53. The van der Waals surface area contributed by atoms with Crippen LogP contribution in [-0.4, -0.2) is 17.8 Å². The monoisotopic (exact) mass is 338 g/mol. The molecule has 2 fully saturated rings. The summed E-state index contributed by atoms with van der Waals surface area (Å²) < 4.78 is 5.28. The summed E-state index contributed by atoms with van der Waals surface area (Å²) in [5.74, 6) is 1.90. The van der Waals surface area contributed by atoms with E-state index in [9.17, 15) is 5.11 Å². The Morgan fingerprint density at radius 1 is 1.44 bits per heavy atom. The lowest BCUT2D eigenvalue weighted by Gasteiger charge is -2.45. The van der Waals surface area contributed by atoms with Crippen LogP contribution in [0.2, 0.25) is 0 Å². The molecule has 2 aliphatic carbocycles. The van der Waals surface area contributed by atoms with Gasteiger partial charge in [-0.2, -0.15) is 0 Å². The average Bonchev–Trinajstić information content (AvgIpc) is 2.57. The number of hydrogen-bond donors (Lipinski definition) is 1. The van der Waals surface area contributed by atoms with Crippen molar-refractivity contribution in [1.82, 2.24) is 0 Å². The van der Waals surface area contributed by atoms with Gasteiger partial charge < -0.3 is 8.17 Å². The van der Waals surface area contributed by atoms with Crippen molar-refractivity contribution in [3.63, 3.8) is 0 Å². The van der Waals surface area contributed by atoms with E-state index in [4.69, 9.17) is 3.07 Å². The van der Waals surface area contributed by atoms with Crippen LogP contribution >= 0.6 is 23.0 Å². The lowest BCUT2D eigenvalue weighted by molar-refractivity contribution is -0.0296. The van der Waals surface area contributed by atoms with Crippen LogP contribution in [0.1, 0.15) is 46.0 Å². The van der Waals surface area contributed by atoms with Gasteiger partial charge in [-0.05, 0) is 48.9 Å². The highest BCUT2D eigenvalue weighted by atomic mass is 127. The molecule has 0 radical (unpaired) electrons. The summed E-state index contributed by atoms with van der Waals surface area (Å²) in [5, 5.41) is 10.1. The molecule has 0 aromatic heterocycles. The van der Waals surface area contributed by atoms with Crippen molar-refractivity contribution in [3.05, 3.63) is 0 Å². The molecule has 3 heteroatoms. The topological polar surface area (TPSA) is 29.5 Å². The number of halogens is 1. The van der Waals surface area contributed by atoms with Gasteiger partial charge in [-0.15, -0.1) is 0 Å². The van der Waals surface area contributed by atoms with Crippen molar-refractivity contribution in [3.8, 4) is 0 Å². The van der Waals surface area contributed by atoms with Crippen molar-refractivity contribution >= 4 is 23.0 Å². The van der Waals surface area contributed by atoms with Crippen molar-refractivity contribution < 1.29 is 8.17 Å². The van der Waals surface area contributed by atoms with Gasteiger partial charge in [-0.1, -0.05) is 20.3 Å². The van der Waals surface area contributed by atoms with E-state index in [1.54, 1.807) is 0 Å². The second kappa shape index (κ2) is 5.11. The molecule has 0 bridgehead atoms. The van der Waals surface area contributed by atoms with E-state index < -0.39 is 0 Å². The zero-order chi connectivity index (χ0) is 11.8. The molecule has 0 aliphatic heterocycles. The molecule has 2 saturated carbocycles. The number of hydrogen-bond acceptors (Lipinski definition) is 2. The van der Waals surface area contributed by atoms with E-state index in [1.165, 1.54) is 25.7 Å². The predicted molar refractivity (Wildman–Crippen MR) is 73.3 cm³/mol. The second-order valence-corrected chi connectivity index (χ2v) is 6.63. The van der Waals surface area contributed by atoms with Gasteiger partial charge in [-0.25, -0.2) is 0 Å². The quantitative estimate of drug-likeness (QED) is 0.798. The Hall–Kier alpha value is 0.650. The maximum absolute atomic E-state index is 10.1. The number of aliphatic hydroxyl groups is 1. The van der Waals surface area contributed by atoms with Crippen LogP contribution in [0, 0.1) is 23.2 Å². The van der Waals surface area contributed by atoms with Crippen LogP contribution in [-0.2, 0) is 3.07 Å². The summed E-state index contributed by atoms with van der Waals surface area (Å²) in [5.41, 5.74) is 0.367. The molecule has 5 unspecified atom stereocenters. The molecule has 2 rings (SSSR count). The Morgan fingerprint density at radius 3 is 2.88 bits per heavy atom. The lowest BCUT2D eigenvalue weighted by Crippen LogP contribution is -2.41. The molecule has 0 aromatic rings. The van der Waals surface area contributed by atoms with Crippen molar-refractivity contribution in [2.75, 3.05) is 6.61 Å². The normalized spacial score (nSPS) is 45.4. The van der Waals surface area contributed by atoms with Crippen LogP contribution < -0.4 is 0 Å². The molecule has 0 spiro atoms. The van der Waals surface area contributed by atoms with Gasteiger partial charge >= 0.3 is 0 Å². The minimum Gasteiger partial charge on any atom is -0.393 e. The largest absolute Gasteiger partial charge is 0.393 e. The Morgan fingerprint density at radius 2 is 2.19 bits per heavy atom. The predicted octanol–water partition coefficient (Wildman–Crippen LogP) is 3.57. The molecular formula is C13H23IO2. The minimum absolute atomic E-state index is 0.0449. The first-order chi connectivity index (χ1) is 7.59. The molecule has 2 nitrogen and oxygen atoms in total. The van der Waals surface area contributed by atoms with Gasteiger partial charge in [0.15, 0.2) is 0 Å². The molecule has 1 N–H and O–H groups in total. The summed E-state index contributed by atoms with van der Waals surface area (Å²) in [7, 11) is 0. The molecule has 0 heterocycles. The maximum Gasteiger partial charge on any atom is 0.109 e. The molecule has 0 saturated heterocycles. The summed E-state index contributed by atoms with van der Waals surface area (Å²) in [6, 6.07) is 0. The van der Waals surface area contributed by atoms with Crippen LogP contribution in [0.15, 0.2) is 0 Å². The molecule has 0 amide bonds. The molecule has 0 aromatic carbocycles. The first-order valence-electron chi connectivity index (χ1n) is 6.51. The van der Waals surface area contributed by atoms with E-state index >= 15 is 0 Å². The highest BCUT2D eigenvalue weighted by Crippen LogP contribution is 2.57. The second-order valence-electron chi connectivity index (χ2n) is 6.01. The Kier molecular flexibility index (Phi) is 4.18. The molecule has 5 atom stereocenters. The van der Waals surface area contributed by atoms with Gasteiger partial charge in [0.1, 0.15) is 23.0 Å². The fourth-order valence-electron chi connectivity index (χ4n) is 4.34. The van der Waals surface area contributed by atoms with Crippen LogP contribution in [0.4, 0.5) is 0 Å². The van der Waals surface area contributed by atoms with Crippen LogP contribution in [0.5, 0.6) is 0 Å². The Bertz CT molecular complexity index is 246. The van der Waals surface area contributed by atoms with Crippen molar-refractivity contribution in [2.45, 2.75) is 52.1 Å². The maximum atomic E-state index is 10.1. The summed E-state index contributed by atoms with van der Waals surface area (Å²) in [4.78, 5) is 0. The first kappa shape index (κ1) is 13.1. The van der Waals surface area contributed by atoms with E-state index in [2.05, 4.69) is 13.8 Å². The fourth-order valence-corrected chi connectivity index (χ4v) is 4.91. The lowest BCUT2D eigenvalue weighted by atomic mass is 9.62. The Labute approximate surface area is 113 Å². The van der Waals surface area contributed by atoms with E-state index in [-0.39, 0.29) is 6.10 Å². The smallest absolute Gasteiger partial charge is 0.109 e. The summed E-state index contributed by atoms with van der Waals surface area (Å²) in [6.07, 6.45) is 5.96. The van der Waals surface area contributed by atoms with E-state index in [0.29, 0.717) is 17.3 Å². The standard InChI is InChI=1S/C13H23IO2/c1-9(8-16-14)10-5-6-11-12(15)4-3-7-13(10,11)2/h9-12,15H,3-8H2,1-2H3. The summed E-state index contributed by atoms with van der Waals surface area (Å²) in [6.45, 7) is 5.56. The van der Waals surface area contributed by atoms with Crippen molar-refractivity contribution in [2.24, 2.45) is 23.2 Å². The number of rotatable bonds is 3. The number of aliphatic hydroxyl groups excluding tert-OH is 1. The van der Waals surface area contributed by atoms with Gasteiger partial charge in [-0.3, -0.25) is 0 Å². The van der Waals surface area contributed by atoms with Gasteiger partial charge in [0.05, 0.1) is 12.7 Å². The molecule has 16 heavy (non-hydrogen) atoms. The van der Waals surface area contributed by atoms with Crippen LogP contribution in [0.25, 0.3) is 0 Å². The summed E-state index contributed by atoms with van der Waals surface area (Å²) >= 11 is 2.00. The third kappa shape index (κ3) is 2.15. The van der Waals surface area contributed by atoms with Gasteiger partial charge in [0.25, 0.3) is 0 Å². The Balaban J connectivity index is 2.11. The van der Waals surface area contributed by atoms with Crippen LogP contribution in [0.3, 0.4) is 0 Å². The number of fused-ring (bicyclic) bond motifs is 1. The first-order valence-corrected chi connectivity index (χ1v) is 7.39. The van der Waals surface area contributed by atoms with E-state index in [0.717, 1.165) is 18.9 Å². The van der Waals surface area contributed by atoms with E-state index in [1.807, 2.05) is 23.0 Å². The molecule has 2 aliphatic rings. The molecular weight excluding hydrogens is 315 g/mol. The fraction of sp³-hybridized carbons (Fsp3) is 1.00.